The number of aliphatic carboxylic acids is 2. The summed E-state index contributed by atoms with van der Waals surface area (Å²) in [4.78, 5) is 35.0. The first-order valence-corrected chi connectivity index (χ1v) is 5.87. The van der Waals surface area contributed by atoms with Gasteiger partial charge in [0.05, 0.1) is 12.3 Å². The average molecular weight is 257 g/mol. The lowest BCUT2D eigenvalue weighted by Gasteiger charge is -2.37. The van der Waals surface area contributed by atoms with Gasteiger partial charge in [-0.1, -0.05) is 20.8 Å². The lowest BCUT2D eigenvalue weighted by atomic mass is 9.83. The first-order valence-electron chi connectivity index (χ1n) is 5.87. The quantitative estimate of drug-likeness (QED) is 0.777. The minimum absolute atomic E-state index is 0.0401. The molecule has 1 rings (SSSR count). The zero-order valence-electron chi connectivity index (χ0n) is 10.8. The molecule has 2 unspecified atom stereocenters. The van der Waals surface area contributed by atoms with Crippen LogP contribution in [0.4, 0.5) is 0 Å². The van der Waals surface area contributed by atoms with Crippen LogP contribution in [0.1, 0.15) is 33.6 Å². The third-order valence-electron chi connectivity index (χ3n) is 3.25. The average Bonchev–Trinajstić information content (AvgIpc) is 2.55. The fraction of sp³-hybridized carbons (Fsp3) is 0.750. The van der Waals surface area contributed by atoms with E-state index in [1.54, 1.807) is 0 Å². The molecule has 0 spiro atoms. The smallest absolute Gasteiger partial charge is 0.308 e. The van der Waals surface area contributed by atoms with E-state index in [4.69, 9.17) is 10.2 Å². The van der Waals surface area contributed by atoms with Gasteiger partial charge in [0, 0.05) is 19.0 Å². The highest BCUT2D eigenvalue weighted by atomic mass is 16.4. The number of amides is 1. The molecular formula is C12H19NO5. The monoisotopic (exact) mass is 257 g/mol. The van der Waals surface area contributed by atoms with Crippen LogP contribution in [0.5, 0.6) is 0 Å². The van der Waals surface area contributed by atoms with Crippen molar-refractivity contribution in [2.45, 2.75) is 39.7 Å². The van der Waals surface area contributed by atoms with Gasteiger partial charge in [0.1, 0.15) is 0 Å². The van der Waals surface area contributed by atoms with Gasteiger partial charge in [0.15, 0.2) is 0 Å². The van der Waals surface area contributed by atoms with E-state index in [0.717, 1.165) is 0 Å². The number of carboxylic acid groups (broad SMARTS) is 2. The van der Waals surface area contributed by atoms with E-state index in [2.05, 4.69) is 0 Å². The molecular weight excluding hydrogens is 238 g/mol. The number of rotatable bonds is 4. The third kappa shape index (κ3) is 3.21. The van der Waals surface area contributed by atoms with E-state index in [1.165, 1.54) is 4.90 Å². The highest BCUT2D eigenvalue weighted by molar-refractivity contribution is 5.86. The van der Waals surface area contributed by atoms with Crippen molar-refractivity contribution in [2.24, 2.45) is 11.3 Å². The van der Waals surface area contributed by atoms with Crippen LogP contribution < -0.4 is 0 Å². The molecule has 1 amide bonds. The molecule has 0 aromatic rings. The van der Waals surface area contributed by atoms with Crippen LogP contribution in [0.25, 0.3) is 0 Å². The molecule has 0 aromatic heterocycles. The number of likely N-dealkylation sites (tertiary alicyclic amines) is 1. The van der Waals surface area contributed by atoms with Crippen molar-refractivity contribution < 1.29 is 24.6 Å². The van der Waals surface area contributed by atoms with Gasteiger partial charge in [-0.25, -0.2) is 0 Å². The summed E-state index contributed by atoms with van der Waals surface area (Å²) < 4.78 is 0. The fourth-order valence-corrected chi connectivity index (χ4v) is 2.25. The Morgan fingerprint density at radius 3 is 2.28 bits per heavy atom. The highest BCUT2D eigenvalue weighted by Gasteiger charge is 2.42. The van der Waals surface area contributed by atoms with Crippen LogP contribution in [0.15, 0.2) is 0 Å². The maximum atomic E-state index is 11.8. The largest absolute Gasteiger partial charge is 0.481 e. The number of hydrogen-bond donors (Lipinski definition) is 2. The summed E-state index contributed by atoms with van der Waals surface area (Å²) in [5.41, 5.74) is -0.401. The van der Waals surface area contributed by atoms with Crippen LogP contribution in [0, 0.1) is 11.3 Å². The number of carboxylic acids is 2. The minimum Gasteiger partial charge on any atom is -0.481 e. The second-order valence-electron chi connectivity index (χ2n) is 5.77. The van der Waals surface area contributed by atoms with Crippen molar-refractivity contribution in [3.05, 3.63) is 0 Å². The van der Waals surface area contributed by atoms with Crippen molar-refractivity contribution in [1.82, 2.24) is 4.90 Å². The van der Waals surface area contributed by atoms with Gasteiger partial charge in [0.2, 0.25) is 5.91 Å². The lowest BCUT2D eigenvalue weighted by Crippen LogP contribution is -2.46. The Bertz CT molecular complexity index is 371. The van der Waals surface area contributed by atoms with E-state index in [9.17, 15) is 14.4 Å². The van der Waals surface area contributed by atoms with Crippen molar-refractivity contribution in [3.8, 4) is 0 Å². The highest BCUT2D eigenvalue weighted by Crippen LogP contribution is 2.32. The molecule has 1 saturated heterocycles. The van der Waals surface area contributed by atoms with Crippen molar-refractivity contribution in [1.29, 1.82) is 0 Å². The van der Waals surface area contributed by atoms with Gasteiger partial charge in [-0.2, -0.15) is 0 Å². The predicted molar refractivity (Wildman–Crippen MR) is 63.0 cm³/mol. The summed E-state index contributed by atoms with van der Waals surface area (Å²) in [6.45, 7) is 5.65. The van der Waals surface area contributed by atoms with E-state index in [1.807, 2.05) is 20.8 Å². The SMILES string of the molecule is CC(C)(C)C(CC(=O)O)N1CC(C(=O)O)CC1=O. The van der Waals surface area contributed by atoms with Gasteiger partial charge in [-0.3, -0.25) is 14.4 Å². The molecule has 0 bridgehead atoms. The Kier molecular flexibility index (Phi) is 3.98. The Balaban J connectivity index is 2.90. The summed E-state index contributed by atoms with van der Waals surface area (Å²) in [5.74, 6) is -2.99. The second kappa shape index (κ2) is 4.96. The van der Waals surface area contributed by atoms with Crippen LogP contribution >= 0.6 is 0 Å². The van der Waals surface area contributed by atoms with E-state index in [-0.39, 0.29) is 25.3 Å². The predicted octanol–water partition coefficient (Wildman–Crippen LogP) is 0.809. The van der Waals surface area contributed by atoms with Gasteiger partial charge >= 0.3 is 11.9 Å². The maximum Gasteiger partial charge on any atom is 0.308 e. The molecule has 0 aromatic carbocycles. The zero-order valence-corrected chi connectivity index (χ0v) is 10.8. The number of carbonyl (C=O) groups is 3. The Morgan fingerprint density at radius 1 is 1.39 bits per heavy atom. The number of hydrogen-bond acceptors (Lipinski definition) is 3. The van der Waals surface area contributed by atoms with Crippen molar-refractivity contribution in [2.75, 3.05) is 6.54 Å². The van der Waals surface area contributed by atoms with Crippen LogP contribution in [-0.2, 0) is 14.4 Å². The fourth-order valence-electron chi connectivity index (χ4n) is 2.25. The molecule has 1 aliphatic heterocycles. The van der Waals surface area contributed by atoms with E-state index < -0.39 is 29.3 Å². The van der Waals surface area contributed by atoms with Gasteiger partial charge in [0.25, 0.3) is 0 Å². The van der Waals surface area contributed by atoms with Gasteiger partial charge in [-0.05, 0) is 5.41 Å². The molecule has 6 heteroatoms. The summed E-state index contributed by atoms with van der Waals surface area (Å²) >= 11 is 0. The molecule has 1 aliphatic rings. The zero-order chi connectivity index (χ0) is 14.1. The first-order chi connectivity index (χ1) is 8.12. The molecule has 0 radical (unpaired) electrons. The van der Waals surface area contributed by atoms with Crippen molar-refractivity contribution in [3.63, 3.8) is 0 Å². The second-order valence-corrected chi connectivity index (χ2v) is 5.77. The Labute approximate surface area is 106 Å². The van der Waals surface area contributed by atoms with E-state index in [0.29, 0.717) is 0 Å². The van der Waals surface area contributed by atoms with Gasteiger partial charge in [-0.15, -0.1) is 0 Å². The molecule has 0 saturated carbocycles. The molecule has 0 aliphatic carbocycles. The van der Waals surface area contributed by atoms with Crippen LogP contribution in [-0.4, -0.2) is 45.5 Å². The number of nitrogens with zero attached hydrogens (tertiary/aromatic N) is 1. The molecule has 2 N–H and O–H groups in total. The summed E-state index contributed by atoms with van der Waals surface area (Å²) in [7, 11) is 0. The lowest BCUT2D eigenvalue weighted by molar-refractivity contribution is -0.142. The number of carbonyl (C=O) groups excluding carboxylic acids is 1. The summed E-state index contributed by atoms with van der Waals surface area (Å²) in [6.07, 6.45) is -0.205. The van der Waals surface area contributed by atoms with Gasteiger partial charge < -0.3 is 15.1 Å². The van der Waals surface area contributed by atoms with E-state index >= 15 is 0 Å². The molecule has 1 heterocycles. The normalized spacial score (nSPS) is 22.1. The summed E-state index contributed by atoms with van der Waals surface area (Å²) in [6, 6.07) is -0.480. The van der Waals surface area contributed by atoms with Crippen LogP contribution in [0.2, 0.25) is 0 Å². The topological polar surface area (TPSA) is 94.9 Å². The molecule has 2 atom stereocenters. The minimum atomic E-state index is -1.01. The maximum absolute atomic E-state index is 11.8. The third-order valence-corrected chi connectivity index (χ3v) is 3.25. The molecule has 102 valence electrons. The first kappa shape index (κ1) is 14.5. The summed E-state index contributed by atoms with van der Waals surface area (Å²) in [5, 5.41) is 17.8. The molecule has 18 heavy (non-hydrogen) atoms. The van der Waals surface area contributed by atoms with Crippen LogP contribution in [0.3, 0.4) is 0 Å². The molecule has 1 fully saturated rings. The molecule has 6 nitrogen and oxygen atoms in total. The van der Waals surface area contributed by atoms with Crippen molar-refractivity contribution >= 4 is 17.8 Å². The Morgan fingerprint density at radius 2 is 1.94 bits per heavy atom. The standard InChI is InChI=1S/C12H19NO5/c1-12(2,3)8(5-10(15)16)13-6-7(11(17)18)4-9(13)14/h7-8H,4-6H2,1-3H3,(H,15,16)(H,17,18). The Hall–Kier alpha value is -1.59.